The van der Waals surface area contributed by atoms with Gasteiger partial charge < -0.3 is 29.9 Å². The van der Waals surface area contributed by atoms with E-state index < -0.39 is 39.0 Å². The van der Waals surface area contributed by atoms with E-state index in [1.54, 1.807) is 6.07 Å². The Bertz CT molecular complexity index is 1170. The number of phosphoric ester groups is 1. The molecule has 4 rings (SSSR count). The number of hydrogen-bond donors (Lipinski definition) is 6. The Labute approximate surface area is 181 Å². The number of imidazole rings is 1. The summed E-state index contributed by atoms with van der Waals surface area (Å²) < 4.78 is 22.7. The zero-order valence-corrected chi connectivity index (χ0v) is 17.7. The molecule has 0 amide bonds. The maximum atomic E-state index is 11.1. The lowest BCUT2D eigenvalue weighted by Crippen LogP contribution is -2.33. The van der Waals surface area contributed by atoms with Crippen molar-refractivity contribution in [3.63, 3.8) is 0 Å². The van der Waals surface area contributed by atoms with Crippen molar-refractivity contribution in [2.24, 2.45) is 0 Å². The standard InChI is InChI=1S/C18H22N5O8P/c1-9-2-3-11(31-32(27,28)29)4-10(9)5-19-16-13-17(21-7-20-16)23(8-22-13)18-15(26)14(25)12(6-24)30-18/h2-4,7-8,12,14-15,18,24-26H,5-6H2,1H3,(H,19,20,21)(H2,27,28,29)/t12-,14-,15-,18-/m1/s1. The topological polar surface area (TPSA) is 192 Å². The van der Waals surface area contributed by atoms with Crippen LogP contribution in [0.2, 0.25) is 0 Å². The van der Waals surface area contributed by atoms with Gasteiger partial charge >= 0.3 is 7.82 Å². The number of nitrogens with one attached hydrogen (secondary N) is 1. The zero-order chi connectivity index (χ0) is 23.0. The highest BCUT2D eigenvalue weighted by molar-refractivity contribution is 7.46. The average molecular weight is 467 g/mol. The first-order chi connectivity index (χ1) is 15.2. The Morgan fingerprint density at radius 1 is 1.22 bits per heavy atom. The second-order valence-corrected chi connectivity index (χ2v) is 8.46. The molecular weight excluding hydrogens is 445 g/mol. The zero-order valence-electron chi connectivity index (χ0n) is 16.8. The molecule has 172 valence electrons. The lowest BCUT2D eigenvalue weighted by Gasteiger charge is -2.16. The number of aliphatic hydroxyl groups is 3. The lowest BCUT2D eigenvalue weighted by molar-refractivity contribution is -0.0511. The minimum atomic E-state index is -4.68. The maximum Gasteiger partial charge on any atom is 0.524 e. The number of benzene rings is 1. The predicted molar refractivity (Wildman–Crippen MR) is 110 cm³/mol. The molecular formula is C18H22N5O8P. The van der Waals surface area contributed by atoms with Crippen LogP contribution in [0.5, 0.6) is 5.75 Å². The number of nitrogens with zero attached hydrogens (tertiary/aromatic N) is 4. The van der Waals surface area contributed by atoms with Crippen LogP contribution in [-0.4, -0.2) is 69.5 Å². The highest BCUT2D eigenvalue weighted by Crippen LogP contribution is 2.38. The van der Waals surface area contributed by atoms with E-state index in [2.05, 4.69) is 24.8 Å². The molecule has 0 saturated carbocycles. The number of aromatic nitrogens is 4. The molecule has 3 aromatic rings. The van der Waals surface area contributed by atoms with Gasteiger partial charge in [0.25, 0.3) is 0 Å². The van der Waals surface area contributed by atoms with Crippen molar-refractivity contribution in [3.05, 3.63) is 42.0 Å². The Balaban J connectivity index is 1.57. The van der Waals surface area contributed by atoms with E-state index in [9.17, 15) is 19.9 Å². The van der Waals surface area contributed by atoms with Gasteiger partial charge in [-0.3, -0.25) is 14.4 Å². The van der Waals surface area contributed by atoms with Gasteiger partial charge in [-0.15, -0.1) is 0 Å². The van der Waals surface area contributed by atoms with Crippen molar-refractivity contribution in [1.82, 2.24) is 19.5 Å². The predicted octanol–water partition coefficient (Wildman–Crippen LogP) is -0.170. The van der Waals surface area contributed by atoms with E-state index in [0.717, 1.165) is 5.56 Å². The van der Waals surface area contributed by atoms with Crippen LogP contribution in [0, 0.1) is 6.92 Å². The average Bonchev–Trinajstić information content (AvgIpc) is 3.29. The van der Waals surface area contributed by atoms with E-state index >= 15 is 0 Å². The van der Waals surface area contributed by atoms with Gasteiger partial charge in [-0.25, -0.2) is 19.5 Å². The lowest BCUT2D eigenvalue weighted by atomic mass is 10.1. The number of aliphatic hydroxyl groups excluding tert-OH is 3. The summed E-state index contributed by atoms with van der Waals surface area (Å²) in [6.07, 6.45) is -1.77. The van der Waals surface area contributed by atoms with Crippen LogP contribution in [0.25, 0.3) is 11.2 Å². The summed E-state index contributed by atoms with van der Waals surface area (Å²) in [5.41, 5.74) is 2.29. The van der Waals surface area contributed by atoms with Crippen LogP contribution < -0.4 is 9.84 Å². The molecule has 0 aliphatic carbocycles. The van der Waals surface area contributed by atoms with Crippen LogP contribution in [0.3, 0.4) is 0 Å². The number of phosphoric acid groups is 1. The van der Waals surface area contributed by atoms with Crippen molar-refractivity contribution >= 4 is 24.8 Å². The minimum absolute atomic E-state index is 0.0298. The van der Waals surface area contributed by atoms with E-state index in [-0.39, 0.29) is 12.3 Å². The third-order valence-corrected chi connectivity index (χ3v) is 5.59. The van der Waals surface area contributed by atoms with Crippen molar-refractivity contribution < 1.29 is 38.9 Å². The highest BCUT2D eigenvalue weighted by atomic mass is 31.2. The summed E-state index contributed by atoms with van der Waals surface area (Å²) in [6, 6.07) is 4.65. The van der Waals surface area contributed by atoms with Crippen LogP contribution in [0.15, 0.2) is 30.9 Å². The molecule has 32 heavy (non-hydrogen) atoms. The molecule has 1 aromatic carbocycles. The molecule has 3 heterocycles. The van der Waals surface area contributed by atoms with E-state index in [1.165, 1.54) is 29.4 Å². The van der Waals surface area contributed by atoms with Gasteiger partial charge in [0.15, 0.2) is 23.2 Å². The molecule has 4 atom stereocenters. The van der Waals surface area contributed by atoms with Crippen LogP contribution >= 0.6 is 7.82 Å². The third kappa shape index (κ3) is 4.45. The SMILES string of the molecule is Cc1ccc(OP(=O)(O)O)cc1CNc1ncnc2c1ncn2[C@@H]1O[C@H](CO)[C@@H](O)[C@H]1O. The monoisotopic (exact) mass is 467 g/mol. The Morgan fingerprint density at radius 3 is 2.69 bits per heavy atom. The molecule has 1 aliphatic heterocycles. The van der Waals surface area contributed by atoms with Crippen LogP contribution in [0.4, 0.5) is 5.82 Å². The first-order valence-electron chi connectivity index (χ1n) is 9.56. The fourth-order valence-corrected chi connectivity index (χ4v) is 3.88. The van der Waals surface area contributed by atoms with Gasteiger partial charge in [-0.1, -0.05) is 6.07 Å². The van der Waals surface area contributed by atoms with Crippen molar-refractivity contribution in [2.45, 2.75) is 38.0 Å². The molecule has 1 saturated heterocycles. The van der Waals surface area contributed by atoms with Gasteiger partial charge in [0.2, 0.25) is 0 Å². The van der Waals surface area contributed by atoms with Gasteiger partial charge in [0.05, 0.1) is 12.9 Å². The van der Waals surface area contributed by atoms with E-state index in [4.69, 9.17) is 14.5 Å². The molecule has 1 fully saturated rings. The number of rotatable bonds is 7. The van der Waals surface area contributed by atoms with Gasteiger partial charge in [0, 0.05) is 6.54 Å². The smallest absolute Gasteiger partial charge is 0.404 e. The summed E-state index contributed by atoms with van der Waals surface area (Å²) in [4.78, 5) is 30.7. The van der Waals surface area contributed by atoms with Gasteiger partial charge in [-0.05, 0) is 30.2 Å². The number of ether oxygens (including phenoxy) is 1. The van der Waals surface area contributed by atoms with Gasteiger partial charge in [-0.2, -0.15) is 0 Å². The van der Waals surface area contributed by atoms with Crippen molar-refractivity contribution in [3.8, 4) is 5.75 Å². The molecule has 0 bridgehead atoms. The largest absolute Gasteiger partial charge is 0.524 e. The van der Waals surface area contributed by atoms with Gasteiger partial charge in [0.1, 0.15) is 30.4 Å². The Hall–Kier alpha value is -2.64. The molecule has 0 spiro atoms. The molecule has 0 radical (unpaired) electrons. The van der Waals surface area contributed by atoms with E-state index in [1.807, 2.05) is 6.92 Å². The number of hydrogen-bond acceptors (Lipinski definition) is 10. The summed E-state index contributed by atoms with van der Waals surface area (Å²) >= 11 is 0. The summed E-state index contributed by atoms with van der Waals surface area (Å²) in [7, 11) is -4.68. The van der Waals surface area contributed by atoms with E-state index in [0.29, 0.717) is 22.5 Å². The molecule has 6 N–H and O–H groups in total. The molecule has 13 nitrogen and oxygen atoms in total. The second-order valence-electron chi connectivity index (χ2n) is 7.30. The summed E-state index contributed by atoms with van der Waals surface area (Å²) in [5.74, 6) is 0.406. The number of aryl methyl sites for hydroxylation is 1. The molecule has 0 unspecified atom stereocenters. The quantitative estimate of drug-likeness (QED) is 0.252. The minimum Gasteiger partial charge on any atom is -0.404 e. The maximum absolute atomic E-state index is 11.1. The highest BCUT2D eigenvalue weighted by Gasteiger charge is 2.44. The normalized spacial score (nSPS) is 23.6. The van der Waals surface area contributed by atoms with Crippen LogP contribution in [-0.2, 0) is 15.8 Å². The number of fused-ring (bicyclic) bond motifs is 1. The fourth-order valence-electron chi connectivity index (χ4n) is 3.49. The molecule has 14 heteroatoms. The molecule has 1 aliphatic rings. The number of anilines is 1. The summed E-state index contributed by atoms with van der Waals surface area (Å²) in [6.45, 7) is 1.63. The second kappa shape index (κ2) is 8.71. The first kappa shape index (κ1) is 22.6. The fraction of sp³-hybridized carbons (Fsp3) is 0.389. The van der Waals surface area contributed by atoms with Crippen molar-refractivity contribution in [1.29, 1.82) is 0 Å². The Morgan fingerprint density at radius 2 is 2.00 bits per heavy atom. The van der Waals surface area contributed by atoms with Crippen molar-refractivity contribution in [2.75, 3.05) is 11.9 Å². The molecule has 2 aromatic heterocycles. The third-order valence-electron chi connectivity index (χ3n) is 5.14. The Kier molecular flexibility index (Phi) is 6.14. The summed E-state index contributed by atoms with van der Waals surface area (Å²) in [5, 5.41) is 32.7. The first-order valence-corrected chi connectivity index (χ1v) is 11.1. The van der Waals surface area contributed by atoms with Crippen LogP contribution in [0.1, 0.15) is 17.4 Å².